The molecule has 1 aromatic carbocycles. The van der Waals surface area contributed by atoms with Crippen LogP contribution in [-0.2, 0) is 0 Å². The van der Waals surface area contributed by atoms with Crippen LogP contribution in [0.5, 0.6) is 0 Å². The van der Waals surface area contributed by atoms with Gasteiger partial charge in [0.15, 0.2) is 0 Å². The average Bonchev–Trinajstić information content (AvgIpc) is 2.53. The molecule has 1 aliphatic rings. The smallest absolute Gasteiger partial charge is 0.0343 e. The summed E-state index contributed by atoms with van der Waals surface area (Å²) in [5.41, 5.74) is 1.39. The quantitative estimate of drug-likeness (QED) is 0.770. The van der Waals surface area contributed by atoms with E-state index in [0.29, 0.717) is 6.04 Å². The van der Waals surface area contributed by atoms with Crippen LogP contribution in [0.4, 0.5) is 0 Å². The van der Waals surface area contributed by atoms with E-state index in [2.05, 4.69) is 64.3 Å². The lowest BCUT2D eigenvalue weighted by molar-refractivity contribution is 0.174. The fourth-order valence-corrected chi connectivity index (χ4v) is 3.86. The van der Waals surface area contributed by atoms with Gasteiger partial charge < -0.3 is 10.2 Å². The molecule has 118 valence electrons. The van der Waals surface area contributed by atoms with Crippen molar-refractivity contribution in [2.75, 3.05) is 26.2 Å². The van der Waals surface area contributed by atoms with Gasteiger partial charge in [-0.15, -0.1) is 0 Å². The molecule has 0 saturated carbocycles. The number of hydrogen-bond donors (Lipinski definition) is 1. The average molecular weight is 353 g/mol. The summed E-state index contributed by atoms with van der Waals surface area (Å²) in [6, 6.07) is 9.06. The molecule has 21 heavy (non-hydrogen) atoms. The van der Waals surface area contributed by atoms with E-state index in [0.717, 1.165) is 12.5 Å². The van der Waals surface area contributed by atoms with Gasteiger partial charge in [0.2, 0.25) is 0 Å². The normalized spacial score (nSPS) is 18.8. The van der Waals surface area contributed by atoms with Gasteiger partial charge in [-0.1, -0.05) is 54.4 Å². The van der Waals surface area contributed by atoms with E-state index in [1.165, 1.54) is 55.4 Å². The molecule has 2 rings (SSSR count). The number of likely N-dealkylation sites (tertiary alicyclic amines) is 1. The maximum absolute atomic E-state index is 3.70. The Hall–Kier alpha value is -0.380. The maximum Gasteiger partial charge on any atom is 0.0343 e. The fraction of sp³-hybridized carbons (Fsp3) is 0.667. The first-order valence-corrected chi connectivity index (χ1v) is 9.24. The minimum absolute atomic E-state index is 0.453. The molecule has 1 aromatic rings. The minimum Gasteiger partial charge on any atom is -0.310 e. The van der Waals surface area contributed by atoms with Gasteiger partial charge in [-0.2, -0.15) is 0 Å². The zero-order chi connectivity index (χ0) is 15.1. The van der Waals surface area contributed by atoms with Gasteiger partial charge >= 0.3 is 0 Å². The lowest BCUT2D eigenvalue weighted by Gasteiger charge is -2.32. The molecule has 1 aliphatic heterocycles. The summed E-state index contributed by atoms with van der Waals surface area (Å²) in [6.45, 7) is 9.31. The van der Waals surface area contributed by atoms with Crippen LogP contribution in [0.3, 0.4) is 0 Å². The van der Waals surface area contributed by atoms with Crippen molar-refractivity contribution < 1.29 is 0 Å². The number of benzene rings is 1. The number of nitrogens with one attached hydrogen (secondary N) is 1. The van der Waals surface area contributed by atoms with E-state index < -0.39 is 0 Å². The first-order chi connectivity index (χ1) is 10.2. The van der Waals surface area contributed by atoms with E-state index in [1.54, 1.807) is 0 Å². The monoisotopic (exact) mass is 352 g/mol. The lowest BCUT2D eigenvalue weighted by atomic mass is 9.94. The van der Waals surface area contributed by atoms with Crippen LogP contribution in [-0.4, -0.2) is 31.1 Å². The number of piperidine rings is 1. The number of rotatable bonds is 7. The number of nitrogens with zero attached hydrogens (tertiary/aromatic N) is 1. The van der Waals surface area contributed by atoms with Gasteiger partial charge in [-0.3, -0.25) is 0 Å². The minimum atomic E-state index is 0.453. The molecule has 1 atom stereocenters. The Morgan fingerprint density at radius 3 is 2.57 bits per heavy atom. The second kappa shape index (κ2) is 8.92. The molecule has 1 unspecified atom stereocenters. The molecular weight excluding hydrogens is 324 g/mol. The first-order valence-electron chi connectivity index (χ1n) is 8.44. The Labute approximate surface area is 138 Å². The SMILES string of the molecule is CCNC(CCN1CCC(CC)CC1)c1ccccc1Br. The molecule has 1 saturated heterocycles. The van der Waals surface area contributed by atoms with Crippen LogP contribution >= 0.6 is 15.9 Å². The lowest BCUT2D eigenvalue weighted by Crippen LogP contribution is -2.36. The van der Waals surface area contributed by atoms with Gasteiger partial charge in [0.25, 0.3) is 0 Å². The van der Waals surface area contributed by atoms with E-state index in [9.17, 15) is 0 Å². The van der Waals surface area contributed by atoms with Crippen LogP contribution in [0, 0.1) is 5.92 Å². The zero-order valence-corrected chi connectivity index (χ0v) is 15.0. The molecule has 0 radical (unpaired) electrons. The molecule has 1 heterocycles. The Bertz CT molecular complexity index is 413. The van der Waals surface area contributed by atoms with Crippen LogP contribution in [0.25, 0.3) is 0 Å². The van der Waals surface area contributed by atoms with Crippen molar-refractivity contribution >= 4 is 15.9 Å². The summed E-state index contributed by atoms with van der Waals surface area (Å²) in [6.07, 6.45) is 5.31. The van der Waals surface area contributed by atoms with Crippen molar-refractivity contribution in [2.45, 2.75) is 45.6 Å². The molecule has 1 fully saturated rings. The molecule has 0 aromatic heterocycles. The van der Waals surface area contributed by atoms with E-state index in [1.807, 2.05) is 0 Å². The van der Waals surface area contributed by atoms with Crippen LogP contribution in [0.2, 0.25) is 0 Å². The predicted octanol–water partition coefficient (Wildman–Crippen LogP) is 4.61. The Morgan fingerprint density at radius 2 is 1.95 bits per heavy atom. The molecule has 0 amide bonds. The second-order valence-corrected chi connectivity index (χ2v) is 6.97. The summed E-state index contributed by atoms with van der Waals surface area (Å²) in [5, 5.41) is 3.64. The zero-order valence-electron chi connectivity index (χ0n) is 13.4. The van der Waals surface area contributed by atoms with Crippen molar-refractivity contribution in [3.05, 3.63) is 34.3 Å². The van der Waals surface area contributed by atoms with Crippen LogP contribution in [0.15, 0.2) is 28.7 Å². The highest BCUT2D eigenvalue weighted by Gasteiger charge is 2.19. The predicted molar refractivity (Wildman–Crippen MR) is 94.6 cm³/mol. The topological polar surface area (TPSA) is 15.3 Å². The third-order valence-corrected chi connectivity index (χ3v) is 5.47. The summed E-state index contributed by atoms with van der Waals surface area (Å²) in [7, 11) is 0. The van der Waals surface area contributed by atoms with Crippen LogP contribution < -0.4 is 5.32 Å². The van der Waals surface area contributed by atoms with Crippen molar-refractivity contribution in [1.82, 2.24) is 10.2 Å². The van der Waals surface area contributed by atoms with Crippen molar-refractivity contribution in [3.8, 4) is 0 Å². The Balaban J connectivity index is 1.88. The highest BCUT2D eigenvalue weighted by atomic mass is 79.9. The molecule has 1 N–H and O–H groups in total. The van der Waals surface area contributed by atoms with Gasteiger partial charge in [0.05, 0.1) is 0 Å². The van der Waals surface area contributed by atoms with Gasteiger partial charge in [0, 0.05) is 10.5 Å². The summed E-state index contributed by atoms with van der Waals surface area (Å²) >= 11 is 3.70. The van der Waals surface area contributed by atoms with Crippen LogP contribution in [0.1, 0.15) is 51.1 Å². The highest BCUT2D eigenvalue weighted by Crippen LogP contribution is 2.26. The molecular formula is C18H29BrN2. The Kier molecular flexibility index (Phi) is 7.21. The summed E-state index contributed by atoms with van der Waals surface area (Å²) in [4.78, 5) is 2.65. The van der Waals surface area contributed by atoms with Gasteiger partial charge in [-0.25, -0.2) is 0 Å². The van der Waals surface area contributed by atoms with Gasteiger partial charge in [0.1, 0.15) is 0 Å². The number of hydrogen-bond acceptors (Lipinski definition) is 2. The largest absolute Gasteiger partial charge is 0.310 e. The van der Waals surface area contributed by atoms with E-state index in [-0.39, 0.29) is 0 Å². The van der Waals surface area contributed by atoms with Gasteiger partial charge in [-0.05, 0) is 63.0 Å². The highest BCUT2D eigenvalue weighted by molar-refractivity contribution is 9.10. The van der Waals surface area contributed by atoms with E-state index >= 15 is 0 Å². The summed E-state index contributed by atoms with van der Waals surface area (Å²) in [5.74, 6) is 0.967. The molecule has 0 aliphatic carbocycles. The van der Waals surface area contributed by atoms with E-state index in [4.69, 9.17) is 0 Å². The standard InChI is InChI=1S/C18H29BrN2/c1-3-15-9-12-21(13-10-15)14-11-18(20-4-2)16-7-5-6-8-17(16)19/h5-8,15,18,20H,3-4,9-14H2,1-2H3. The summed E-state index contributed by atoms with van der Waals surface area (Å²) < 4.78 is 1.22. The molecule has 3 heteroatoms. The molecule has 0 spiro atoms. The third-order valence-electron chi connectivity index (χ3n) is 4.75. The third kappa shape index (κ3) is 5.08. The number of halogens is 1. The second-order valence-electron chi connectivity index (χ2n) is 6.11. The first kappa shape index (κ1) is 17.0. The van der Waals surface area contributed by atoms with Crippen molar-refractivity contribution in [2.24, 2.45) is 5.92 Å². The fourth-order valence-electron chi connectivity index (χ4n) is 3.30. The van der Waals surface area contributed by atoms with Crippen molar-refractivity contribution in [1.29, 1.82) is 0 Å². The molecule has 2 nitrogen and oxygen atoms in total. The maximum atomic E-state index is 3.70. The molecule has 0 bridgehead atoms. The Morgan fingerprint density at radius 1 is 1.24 bits per heavy atom. The van der Waals surface area contributed by atoms with Crippen molar-refractivity contribution in [3.63, 3.8) is 0 Å².